The molecule has 1 aromatic rings. The molecule has 1 fully saturated rings. The van der Waals surface area contributed by atoms with Crippen molar-refractivity contribution >= 4 is 11.6 Å². The quantitative estimate of drug-likeness (QED) is 0.875. The Bertz CT molecular complexity index is 421. The van der Waals surface area contributed by atoms with Crippen LogP contribution in [-0.2, 0) is 6.42 Å². The molecule has 2 N–H and O–H groups in total. The van der Waals surface area contributed by atoms with Crippen LogP contribution in [0.4, 0.5) is 4.39 Å². The molecule has 1 saturated carbocycles. The van der Waals surface area contributed by atoms with Crippen molar-refractivity contribution in [2.45, 2.75) is 39.0 Å². The summed E-state index contributed by atoms with van der Waals surface area (Å²) in [5, 5.41) is 0.267. The zero-order valence-corrected chi connectivity index (χ0v) is 11.6. The second kappa shape index (κ2) is 5.58. The average Bonchev–Trinajstić information content (AvgIpc) is 2.35. The van der Waals surface area contributed by atoms with Crippen molar-refractivity contribution in [3.63, 3.8) is 0 Å². The summed E-state index contributed by atoms with van der Waals surface area (Å²) < 4.78 is 13.5. The first-order chi connectivity index (χ1) is 8.56. The molecule has 2 atom stereocenters. The maximum Gasteiger partial charge on any atom is 0.142 e. The second-order valence-electron chi connectivity index (χ2n) is 5.80. The van der Waals surface area contributed by atoms with E-state index in [-0.39, 0.29) is 16.3 Å². The highest BCUT2D eigenvalue weighted by Crippen LogP contribution is 2.42. The van der Waals surface area contributed by atoms with Gasteiger partial charge in [-0.25, -0.2) is 4.39 Å². The van der Waals surface area contributed by atoms with Crippen LogP contribution in [-0.4, -0.2) is 6.54 Å². The predicted molar refractivity (Wildman–Crippen MR) is 74.2 cm³/mol. The highest BCUT2D eigenvalue weighted by atomic mass is 35.5. The zero-order chi connectivity index (χ0) is 13.2. The van der Waals surface area contributed by atoms with Gasteiger partial charge in [0.2, 0.25) is 0 Å². The first-order valence-corrected chi connectivity index (χ1v) is 7.07. The van der Waals surface area contributed by atoms with Crippen molar-refractivity contribution in [2.75, 3.05) is 6.54 Å². The fraction of sp³-hybridized carbons (Fsp3) is 0.600. The van der Waals surface area contributed by atoms with Crippen LogP contribution in [0, 0.1) is 17.2 Å². The largest absolute Gasteiger partial charge is 0.330 e. The van der Waals surface area contributed by atoms with Crippen molar-refractivity contribution in [1.29, 1.82) is 0 Å². The first kappa shape index (κ1) is 13.8. The summed E-state index contributed by atoms with van der Waals surface area (Å²) in [6.45, 7) is 2.93. The molecule has 0 bridgehead atoms. The van der Waals surface area contributed by atoms with Crippen LogP contribution in [0.2, 0.25) is 5.02 Å². The van der Waals surface area contributed by atoms with E-state index in [1.807, 2.05) is 6.07 Å². The first-order valence-electron chi connectivity index (χ1n) is 6.69. The Morgan fingerprint density at radius 1 is 1.50 bits per heavy atom. The van der Waals surface area contributed by atoms with Gasteiger partial charge in [0.1, 0.15) is 5.82 Å². The van der Waals surface area contributed by atoms with Gasteiger partial charge in [-0.1, -0.05) is 43.5 Å². The van der Waals surface area contributed by atoms with Crippen molar-refractivity contribution in [1.82, 2.24) is 0 Å². The normalized spacial score (nSPS) is 28.3. The van der Waals surface area contributed by atoms with Crippen LogP contribution in [0.1, 0.15) is 38.2 Å². The summed E-state index contributed by atoms with van der Waals surface area (Å²) >= 11 is 6.05. The van der Waals surface area contributed by atoms with E-state index >= 15 is 0 Å². The smallest absolute Gasteiger partial charge is 0.142 e. The Hall–Kier alpha value is -0.600. The number of hydrogen-bond donors (Lipinski definition) is 1. The molecule has 18 heavy (non-hydrogen) atoms. The van der Waals surface area contributed by atoms with E-state index in [9.17, 15) is 4.39 Å². The molecule has 0 amide bonds. The summed E-state index contributed by atoms with van der Waals surface area (Å²) in [5.41, 5.74) is 7.01. The molecule has 1 nitrogen and oxygen atoms in total. The molecule has 3 heteroatoms. The highest BCUT2D eigenvalue weighted by Gasteiger charge is 2.34. The van der Waals surface area contributed by atoms with Crippen molar-refractivity contribution in [3.05, 3.63) is 34.6 Å². The number of hydrogen-bond acceptors (Lipinski definition) is 1. The van der Waals surface area contributed by atoms with Gasteiger partial charge in [0.25, 0.3) is 0 Å². The molecule has 0 saturated heterocycles. The molecular weight excluding hydrogens is 249 g/mol. The van der Waals surface area contributed by atoms with Gasteiger partial charge >= 0.3 is 0 Å². The van der Waals surface area contributed by atoms with E-state index in [1.165, 1.54) is 18.9 Å². The lowest BCUT2D eigenvalue weighted by Gasteiger charge is -2.39. The predicted octanol–water partition coefficient (Wildman–Crippen LogP) is 4.18. The SMILES string of the molecule is CC1CCCC(CN)(Cc2cccc(F)c2Cl)C1. The Labute approximate surface area is 114 Å². The van der Waals surface area contributed by atoms with Gasteiger partial charge < -0.3 is 5.73 Å². The second-order valence-corrected chi connectivity index (χ2v) is 6.17. The van der Waals surface area contributed by atoms with Crippen molar-refractivity contribution in [2.24, 2.45) is 17.1 Å². The molecule has 2 unspecified atom stereocenters. The molecule has 1 aromatic carbocycles. The van der Waals surface area contributed by atoms with E-state index < -0.39 is 0 Å². The molecular formula is C15H21ClFN. The molecule has 2 rings (SSSR count). The van der Waals surface area contributed by atoms with E-state index in [2.05, 4.69) is 6.92 Å². The molecule has 0 radical (unpaired) electrons. The van der Waals surface area contributed by atoms with E-state index in [4.69, 9.17) is 17.3 Å². The minimum absolute atomic E-state index is 0.106. The topological polar surface area (TPSA) is 26.0 Å². The number of nitrogens with two attached hydrogens (primary N) is 1. The maximum atomic E-state index is 13.5. The summed E-state index contributed by atoms with van der Waals surface area (Å²) in [5.74, 6) is 0.375. The van der Waals surface area contributed by atoms with Crippen molar-refractivity contribution < 1.29 is 4.39 Å². The molecule has 0 aromatic heterocycles. The summed E-state index contributed by atoms with van der Waals surface area (Å²) in [7, 11) is 0. The molecule has 0 heterocycles. The van der Waals surface area contributed by atoms with Crippen LogP contribution in [0.25, 0.3) is 0 Å². The molecule has 1 aliphatic carbocycles. The molecule has 1 aliphatic rings. The molecule has 0 aliphatic heterocycles. The summed E-state index contributed by atoms with van der Waals surface area (Å²) in [4.78, 5) is 0. The van der Waals surface area contributed by atoms with Gasteiger partial charge in [0, 0.05) is 0 Å². The van der Waals surface area contributed by atoms with Gasteiger partial charge in [0.05, 0.1) is 5.02 Å². The van der Waals surface area contributed by atoms with Crippen LogP contribution >= 0.6 is 11.6 Å². The van der Waals surface area contributed by atoms with Gasteiger partial charge in [-0.3, -0.25) is 0 Å². The fourth-order valence-electron chi connectivity index (χ4n) is 3.28. The molecule has 100 valence electrons. The summed E-state index contributed by atoms with van der Waals surface area (Å²) in [6.07, 6.45) is 5.53. The minimum atomic E-state index is -0.329. The van der Waals surface area contributed by atoms with Gasteiger partial charge in [-0.2, -0.15) is 0 Å². The van der Waals surface area contributed by atoms with E-state index in [0.717, 1.165) is 24.8 Å². The van der Waals surface area contributed by atoms with Gasteiger partial charge in [0.15, 0.2) is 0 Å². The van der Waals surface area contributed by atoms with E-state index in [1.54, 1.807) is 6.07 Å². The van der Waals surface area contributed by atoms with Gasteiger partial charge in [-0.15, -0.1) is 0 Å². The minimum Gasteiger partial charge on any atom is -0.330 e. The third kappa shape index (κ3) is 2.86. The standard InChI is InChI=1S/C15H21ClFN/c1-11-4-3-7-15(8-11,10-18)9-12-5-2-6-13(17)14(12)16/h2,5-6,11H,3-4,7-10,18H2,1H3. The third-order valence-electron chi connectivity index (χ3n) is 4.22. The molecule has 0 spiro atoms. The third-order valence-corrected chi connectivity index (χ3v) is 4.64. The average molecular weight is 270 g/mol. The van der Waals surface area contributed by atoms with Crippen LogP contribution < -0.4 is 5.73 Å². The van der Waals surface area contributed by atoms with Crippen molar-refractivity contribution in [3.8, 4) is 0 Å². The van der Waals surface area contributed by atoms with Gasteiger partial charge in [-0.05, 0) is 48.8 Å². The Morgan fingerprint density at radius 3 is 2.94 bits per heavy atom. The lowest BCUT2D eigenvalue weighted by molar-refractivity contribution is 0.154. The van der Waals surface area contributed by atoms with E-state index in [0.29, 0.717) is 12.5 Å². The van der Waals surface area contributed by atoms with Crippen LogP contribution in [0.5, 0.6) is 0 Å². The Kier molecular flexibility index (Phi) is 4.29. The number of halogens is 2. The number of benzene rings is 1. The zero-order valence-electron chi connectivity index (χ0n) is 10.9. The Morgan fingerprint density at radius 2 is 2.28 bits per heavy atom. The summed E-state index contributed by atoms with van der Waals surface area (Å²) in [6, 6.07) is 5.06. The Balaban J connectivity index is 2.22. The van der Waals surface area contributed by atoms with Crippen LogP contribution in [0.15, 0.2) is 18.2 Å². The van der Waals surface area contributed by atoms with Crippen LogP contribution in [0.3, 0.4) is 0 Å². The lowest BCUT2D eigenvalue weighted by atomic mass is 9.67. The highest BCUT2D eigenvalue weighted by molar-refractivity contribution is 6.31. The lowest BCUT2D eigenvalue weighted by Crippen LogP contribution is -2.37. The number of rotatable bonds is 3. The maximum absolute atomic E-state index is 13.5. The fourth-order valence-corrected chi connectivity index (χ4v) is 3.47. The monoisotopic (exact) mass is 269 g/mol.